The molecule has 2 N–H and O–H groups in total. The lowest BCUT2D eigenvalue weighted by Gasteiger charge is -2.19. The molecule has 1 aliphatic heterocycles. The molecule has 4 rings (SSSR count). The van der Waals surface area contributed by atoms with Crippen LogP contribution in [0.3, 0.4) is 0 Å². The average Bonchev–Trinajstić information content (AvgIpc) is 3.18. The summed E-state index contributed by atoms with van der Waals surface area (Å²) in [5, 5.41) is 7.04. The van der Waals surface area contributed by atoms with Gasteiger partial charge in [0.05, 0.1) is 0 Å². The standard InChI is InChI=1S/C16H18N4O/c1-2-4-12(5-3-1)21-14-7-10-17-15(20-14)19-13-6-11-18-16(13)8-9-16/h1-5,7,10,13,18H,6,8-9,11H2,(H,17,19,20). The van der Waals surface area contributed by atoms with Gasteiger partial charge in [0.15, 0.2) is 0 Å². The van der Waals surface area contributed by atoms with Gasteiger partial charge < -0.3 is 15.4 Å². The van der Waals surface area contributed by atoms with Crippen molar-refractivity contribution in [2.45, 2.75) is 30.8 Å². The second-order valence-corrected chi connectivity index (χ2v) is 5.70. The lowest BCUT2D eigenvalue weighted by atomic mass is 10.1. The summed E-state index contributed by atoms with van der Waals surface area (Å²) in [5.74, 6) is 1.99. The SMILES string of the molecule is c1ccc(Oc2ccnc(NC3CCNC34CC4)n2)cc1. The third kappa shape index (κ3) is 2.56. The number of anilines is 1. The minimum atomic E-state index is 0.291. The number of nitrogens with zero attached hydrogens (tertiary/aromatic N) is 2. The summed E-state index contributed by atoms with van der Waals surface area (Å²) in [6.07, 6.45) is 5.33. The van der Waals surface area contributed by atoms with Gasteiger partial charge in [-0.2, -0.15) is 4.98 Å². The topological polar surface area (TPSA) is 59.1 Å². The molecule has 5 nitrogen and oxygen atoms in total. The molecule has 0 bridgehead atoms. The number of benzene rings is 1. The van der Waals surface area contributed by atoms with Crippen LogP contribution >= 0.6 is 0 Å². The van der Waals surface area contributed by atoms with E-state index in [2.05, 4.69) is 20.6 Å². The second-order valence-electron chi connectivity index (χ2n) is 5.70. The number of ether oxygens (including phenoxy) is 1. The maximum Gasteiger partial charge on any atom is 0.226 e. The van der Waals surface area contributed by atoms with Gasteiger partial charge >= 0.3 is 0 Å². The number of nitrogens with one attached hydrogen (secondary N) is 2. The van der Waals surface area contributed by atoms with Gasteiger partial charge in [0, 0.05) is 23.8 Å². The molecule has 1 aliphatic carbocycles. The van der Waals surface area contributed by atoms with E-state index >= 15 is 0 Å². The molecular weight excluding hydrogens is 264 g/mol. The fourth-order valence-corrected chi connectivity index (χ4v) is 2.97. The van der Waals surface area contributed by atoms with Crippen molar-refractivity contribution in [3.63, 3.8) is 0 Å². The van der Waals surface area contributed by atoms with Crippen molar-refractivity contribution in [3.8, 4) is 11.6 Å². The molecule has 1 aromatic heterocycles. The molecular formula is C16H18N4O. The fourth-order valence-electron chi connectivity index (χ4n) is 2.97. The lowest BCUT2D eigenvalue weighted by Crippen LogP contribution is -2.38. The van der Waals surface area contributed by atoms with Crippen LogP contribution in [0, 0.1) is 0 Å². The lowest BCUT2D eigenvalue weighted by molar-refractivity contribution is 0.461. The third-order valence-electron chi connectivity index (χ3n) is 4.26. The van der Waals surface area contributed by atoms with Gasteiger partial charge in [0.1, 0.15) is 5.75 Å². The van der Waals surface area contributed by atoms with Crippen LogP contribution in [0.4, 0.5) is 5.95 Å². The summed E-state index contributed by atoms with van der Waals surface area (Å²) in [7, 11) is 0. The summed E-state index contributed by atoms with van der Waals surface area (Å²) in [6, 6.07) is 11.9. The first kappa shape index (κ1) is 12.6. The molecule has 5 heteroatoms. The van der Waals surface area contributed by atoms with E-state index in [4.69, 9.17) is 4.74 Å². The van der Waals surface area contributed by atoms with Gasteiger partial charge in [0.25, 0.3) is 0 Å². The molecule has 2 heterocycles. The Kier molecular flexibility index (Phi) is 3.00. The Morgan fingerprint density at radius 2 is 2.05 bits per heavy atom. The van der Waals surface area contributed by atoms with Crippen molar-refractivity contribution < 1.29 is 4.74 Å². The quantitative estimate of drug-likeness (QED) is 0.902. The zero-order valence-corrected chi connectivity index (χ0v) is 11.7. The monoisotopic (exact) mass is 282 g/mol. The molecule has 2 aromatic rings. The molecule has 1 saturated carbocycles. The summed E-state index contributed by atoms with van der Waals surface area (Å²) in [5.41, 5.74) is 0.291. The predicted octanol–water partition coefficient (Wildman–Crippen LogP) is 2.58. The molecule has 21 heavy (non-hydrogen) atoms. The number of rotatable bonds is 4. The molecule has 0 radical (unpaired) electrons. The van der Waals surface area contributed by atoms with Crippen LogP contribution in [0.25, 0.3) is 0 Å². The molecule has 1 aromatic carbocycles. The van der Waals surface area contributed by atoms with Crippen LogP contribution in [-0.4, -0.2) is 28.1 Å². The van der Waals surface area contributed by atoms with E-state index in [1.807, 2.05) is 30.3 Å². The Hall–Kier alpha value is -2.14. The molecule has 2 fully saturated rings. The maximum atomic E-state index is 5.74. The average molecular weight is 282 g/mol. The third-order valence-corrected chi connectivity index (χ3v) is 4.26. The minimum absolute atomic E-state index is 0.291. The van der Waals surface area contributed by atoms with E-state index in [1.165, 1.54) is 12.8 Å². The van der Waals surface area contributed by atoms with E-state index in [9.17, 15) is 0 Å². The molecule has 108 valence electrons. The number of para-hydroxylation sites is 1. The number of aromatic nitrogens is 2. The Bertz CT molecular complexity index is 627. The number of hydrogen-bond donors (Lipinski definition) is 2. The first-order valence-corrected chi connectivity index (χ1v) is 7.42. The van der Waals surface area contributed by atoms with Crippen molar-refractivity contribution in [1.82, 2.24) is 15.3 Å². The zero-order valence-electron chi connectivity index (χ0n) is 11.7. The van der Waals surface area contributed by atoms with E-state index in [1.54, 1.807) is 12.3 Å². The van der Waals surface area contributed by atoms with Gasteiger partial charge in [0.2, 0.25) is 11.8 Å². The molecule has 0 amide bonds. The predicted molar refractivity (Wildman–Crippen MR) is 80.5 cm³/mol. The molecule has 2 aliphatic rings. The Morgan fingerprint density at radius 1 is 1.19 bits per heavy atom. The van der Waals surface area contributed by atoms with E-state index in [0.717, 1.165) is 18.7 Å². The summed E-state index contributed by atoms with van der Waals surface area (Å²) >= 11 is 0. The van der Waals surface area contributed by atoms with Crippen molar-refractivity contribution >= 4 is 5.95 Å². The van der Waals surface area contributed by atoms with E-state index in [0.29, 0.717) is 23.4 Å². The fraction of sp³-hybridized carbons (Fsp3) is 0.375. The van der Waals surface area contributed by atoms with Crippen LogP contribution in [0.1, 0.15) is 19.3 Å². The first-order valence-electron chi connectivity index (χ1n) is 7.42. The van der Waals surface area contributed by atoms with Crippen LogP contribution in [0.15, 0.2) is 42.6 Å². The Balaban J connectivity index is 1.48. The first-order chi connectivity index (χ1) is 10.3. The summed E-state index contributed by atoms with van der Waals surface area (Å²) in [6.45, 7) is 1.07. The molecule has 1 atom stereocenters. The van der Waals surface area contributed by atoms with Gasteiger partial charge in [-0.25, -0.2) is 4.98 Å². The Labute approximate surface area is 123 Å². The van der Waals surface area contributed by atoms with Crippen molar-refractivity contribution in [3.05, 3.63) is 42.6 Å². The largest absolute Gasteiger partial charge is 0.439 e. The normalized spacial score (nSPS) is 22.2. The maximum absolute atomic E-state index is 5.74. The van der Waals surface area contributed by atoms with Gasteiger partial charge in [-0.05, 0) is 37.9 Å². The molecule has 1 saturated heterocycles. The highest BCUT2D eigenvalue weighted by molar-refractivity contribution is 5.35. The highest BCUT2D eigenvalue weighted by Gasteiger charge is 2.52. The van der Waals surface area contributed by atoms with Crippen LogP contribution in [0.2, 0.25) is 0 Å². The highest BCUT2D eigenvalue weighted by Crippen LogP contribution is 2.43. The molecule has 1 spiro atoms. The van der Waals surface area contributed by atoms with Gasteiger partial charge in [-0.15, -0.1) is 0 Å². The van der Waals surface area contributed by atoms with Crippen molar-refractivity contribution in [1.29, 1.82) is 0 Å². The zero-order chi connectivity index (χ0) is 14.1. The van der Waals surface area contributed by atoms with Crippen molar-refractivity contribution in [2.75, 3.05) is 11.9 Å². The van der Waals surface area contributed by atoms with Crippen LogP contribution < -0.4 is 15.4 Å². The minimum Gasteiger partial charge on any atom is -0.439 e. The van der Waals surface area contributed by atoms with Gasteiger partial charge in [-0.3, -0.25) is 0 Å². The Morgan fingerprint density at radius 3 is 2.86 bits per heavy atom. The summed E-state index contributed by atoms with van der Waals surface area (Å²) in [4.78, 5) is 8.76. The highest BCUT2D eigenvalue weighted by atomic mass is 16.5. The van der Waals surface area contributed by atoms with E-state index in [-0.39, 0.29) is 0 Å². The van der Waals surface area contributed by atoms with E-state index < -0.39 is 0 Å². The van der Waals surface area contributed by atoms with Crippen LogP contribution in [0.5, 0.6) is 11.6 Å². The number of hydrogen-bond acceptors (Lipinski definition) is 5. The second kappa shape index (κ2) is 5.00. The van der Waals surface area contributed by atoms with Crippen molar-refractivity contribution in [2.24, 2.45) is 0 Å². The van der Waals surface area contributed by atoms with Crippen LogP contribution in [-0.2, 0) is 0 Å². The molecule has 1 unspecified atom stereocenters. The smallest absolute Gasteiger partial charge is 0.226 e. The summed E-state index contributed by atoms with van der Waals surface area (Å²) < 4.78 is 5.74. The van der Waals surface area contributed by atoms with Gasteiger partial charge in [-0.1, -0.05) is 18.2 Å².